The monoisotopic (exact) mass is 335 g/mol. The van der Waals surface area contributed by atoms with Gasteiger partial charge in [-0.15, -0.1) is 0 Å². The van der Waals surface area contributed by atoms with Gasteiger partial charge in [-0.1, -0.05) is 30.3 Å². The van der Waals surface area contributed by atoms with E-state index in [1.54, 1.807) is 0 Å². The zero-order valence-corrected chi connectivity index (χ0v) is 13.3. The molecule has 1 atom stereocenters. The molecule has 1 aliphatic heterocycles. The predicted octanol–water partition coefficient (Wildman–Crippen LogP) is 4.75. The molecule has 5 heteroatoms. The number of alkyl halides is 3. The molecule has 24 heavy (non-hydrogen) atoms. The van der Waals surface area contributed by atoms with Crippen molar-refractivity contribution in [3.63, 3.8) is 0 Å². The number of anilines is 1. The van der Waals surface area contributed by atoms with Gasteiger partial charge in [-0.25, -0.2) is 0 Å². The Balaban J connectivity index is 1.44. The van der Waals surface area contributed by atoms with Crippen LogP contribution in [0.3, 0.4) is 0 Å². The van der Waals surface area contributed by atoms with Crippen LogP contribution in [0.4, 0.5) is 18.9 Å². The number of hydrogen-bond acceptors (Lipinski definition) is 2. The number of para-hydroxylation sites is 1. The van der Waals surface area contributed by atoms with Crippen molar-refractivity contribution in [3.05, 3.63) is 65.7 Å². The molecular weight excluding hydrogens is 315 g/mol. The molecule has 1 saturated heterocycles. The van der Waals surface area contributed by atoms with E-state index in [2.05, 4.69) is 17.0 Å². The molecule has 0 amide bonds. The molecular formula is C19H20F3NO. The van der Waals surface area contributed by atoms with Crippen LogP contribution in [0.5, 0.6) is 0 Å². The molecule has 0 bridgehead atoms. The summed E-state index contributed by atoms with van der Waals surface area (Å²) in [6.07, 6.45) is -3.22. The lowest BCUT2D eigenvalue weighted by atomic mass is 10.1. The maximum atomic E-state index is 12.5. The summed E-state index contributed by atoms with van der Waals surface area (Å²) in [5.41, 5.74) is 1.36. The second kappa shape index (κ2) is 7.26. The average Bonchev–Trinajstić information content (AvgIpc) is 3.04. The largest absolute Gasteiger partial charge is 0.416 e. The fourth-order valence-electron chi connectivity index (χ4n) is 2.98. The van der Waals surface area contributed by atoms with E-state index in [4.69, 9.17) is 4.74 Å². The average molecular weight is 335 g/mol. The van der Waals surface area contributed by atoms with Gasteiger partial charge in [0.25, 0.3) is 0 Å². The zero-order valence-electron chi connectivity index (χ0n) is 13.3. The molecule has 0 spiro atoms. The Morgan fingerprint density at radius 3 is 2.38 bits per heavy atom. The van der Waals surface area contributed by atoms with E-state index in [0.29, 0.717) is 19.1 Å². The Kier molecular flexibility index (Phi) is 5.09. The molecule has 3 rings (SSSR count). The number of benzene rings is 2. The summed E-state index contributed by atoms with van der Waals surface area (Å²) in [7, 11) is 0. The van der Waals surface area contributed by atoms with E-state index < -0.39 is 11.7 Å². The van der Waals surface area contributed by atoms with E-state index in [1.807, 2.05) is 18.2 Å². The summed E-state index contributed by atoms with van der Waals surface area (Å²) in [5.74, 6) is 0.458. The minimum absolute atomic E-state index is 0.347. The number of ether oxygens (including phenoxy) is 1. The second-order valence-corrected chi connectivity index (χ2v) is 6.15. The van der Waals surface area contributed by atoms with Crippen LogP contribution in [0.1, 0.15) is 17.5 Å². The highest BCUT2D eigenvalue weighted by Gasteiger charge is 2.30. The molecule has 2 aromatic rings. The summed E-state index contributed by atoms with van der Waals surface area (Å²) in [6, 6.07) is 15.4. The van der Waals surface area contributed by atoms with Gasteiger partial charge < -0.3 is 9.64 Å². The van der Waals surface area contributed by atoms with Crippen molar-refractivity contribution < 1.29 is 17.9 Å². The van der Waals surface area contributed by atoms with E-state index >= 15 is 0 Å². The van der Waals surface area contributed by atoms with E-state index in [-0.39, 0.29) is 0 Å². The van der Waals surface area contributed by atoms with Crippen molar-refractivity contribution >= 4 is 5.69 Å². The highest BCUT2D eigenvalue weighted by Crippen LogP contribution is 2.29. The van der Waals surface area contributed by atoms with Gasteiger partial charge >= 0.3 is 6.18 Å². The second-order valence-electron chi connectivity index (χ2n) is 6.15. The van der Waals surface area contributed by atoms with Crippen LogP contribution in [-0.4, -0.2) is 19.7 Å². The Bertz CT molecular complexity index is 640. The zero-order chi connectivity index (χ0) is 17.0. The molecule has 128 valence electrons. The SMILES string of the molecule is FC(F)(F)c1ccc(COCC2CCN(c3ccccc3)C2)cc1. The third-order valence-electron chi connectivity index (χ3n) is 4.31. The van der Waals surface area contributed by atoms with Crippen LogP contribution in [0.2, 0.25) is 0 Å². The quantitative estimate of drug-likeness (QED) is 0.782. The van der Waals surface area contributed by atoms with Crippen molar-refractivity contribution in [1.82, 2.24) is 0 Å². The fourth-order valence-corrected chi connectivity index (χ4v) is 2.98. The lowest BCUT2D eigenvalue weighted by Gasteiger charge is -2.18. The highest BCUT2D eigenvalue weighted by molar-refractivity contribution is 5.46. The normalized spacial score (nSPS) is 18.1. The predicted molar refractivity (Wildman–Crippen MR) is 87.9 cm³/mol. The van der Waals surface area contributed by atoms with Crippen LogP contribution in [-0.2, 0) is 17.5 Å². The maximum absolute atomic E-state index is 12.5. The minimum atomic E-state index is -4.29. The number of nitrogens with zero attached hydrogens (tertiary/aromatic N) is 1. The molecule has 1 fully saturated rings. The fraction of sp³-hybridized carbons (Fsp3) is 0.368. The van der Waals surface area contributed by atoms with E-state index in [0.717, 1.165) is 37.2 Å². The van der Waals surface area contributed by atoms with Crippen molar-refractivity contribution in [1.29, 1.82) is 0 Å². The van der Waals surface area contributed by atoms with Gasteiger partial charge in [0.2, 0.25) is 0 Å². The summed E-state index contributed by atoms with van der Waals surface area (Å²) in [5, 5.41) is 0. The van der Waals surface area contributed by atoms with Crippen LogP contribution in [0.25, 0.3) is 0 Å². The Labute approximate surface area is 139 Å². The number of hydrogen-bond donors (Lipinski definition) is 0. The smallest absolute Gasteiger partial charge is 0.376 e. The Hall–Kier alpha value is -2.01. The van der Waals surface area contributed by atoms with Gasteiger partial charge in [0.05, 0.1) is 18.8 Å². The molecule has 1 heterocycles. The van der Waals surface area contributed by atoms with Crippen LogP contribution in [0, 0.1) is 5.92 Å². The first-order chi connectivity index (χ1) is 11.5. The van der Waals surface area contributed by atoms with Gasteiger partial charge in [0.15, 0.2) is 0 Å². The van der Waals surface area contributed by atoms with Crippen molar-refractivity contribution in [2.45, 2.75) is 19.2 Å². The molecule has 2 nitrogen and oxygen atoms in total. The first-order valence-electron chi connectivity index (χ1n) is 8.06. The first kappa shape index (κ1) is 16.8. The van der Waals surface area contributed by atoms with Crippen molar-refractivity contribution in [2.24, 2.45) is 5.92 Å². The molecule has 0 radical (unpaired) electrons. The van der Waals surface area contributed by atoms with Crippen LogP contribution >= 0.6 is 0 Å². The third-order valence-corrected chi connectivity index (χ3v) is 4.31. The topological polar surface area (TPSA) is 12.5 Å². The molecule has 0 aliphatic carbocycles. The molecule has 0 saturated carbocycles. The highest BCUT2D eigenvalue weighted by atomic mass is 19.4. The minimum Gasteiger partial charge on any atom is -0.376 e. The lowest BCUT2D eigenvalue weighted by molar-refractivity contribution is -0.137. The maximum Gasteiger partial charge on any atom is 0.416 e. The van der Waals surface area contributed by atoms with Crippen molar-refractivity contribution in [2.75, 3.05) is 24.6 Å². The van der Waals surface area contributed by atoms with Crippen LogP contribution < -0.4 is 4.90 Å². The van der Waals surface area contributed by atoms with Crippen LogP contribution in [0.15, 0.2) is 54.6 Å². The molecule has 0 N–H and O–H groups in total. The summed E-state index contributed by atoms with van der Waals surface area (Å²) in [6.45, 7) is 2.94. The Morgan fingerprint density at radius 1 is 1.00 bits per heavy atom. The standard InChI is InChI=1S/C19H20F3NO/c20-19(21,22)17-8-6-15(7-9-17)13-24-14-16-10-11-23(12-16)18-4-2-1-3-5-18/h1-9,16H,10-14H2. The Morgan fingerprint density at radius 2 is 1.71 bits per heavy atom. The van der Waals surface area contributed by atoms with E-state index in [1.165, 1.54) is 17.8 Å². The van der Waals surface area contributed by atoms with Gasteiger partial charge in [0.1, 0.15) is 0 Å². The van der Waals surface area contributed by atoms with Crippen molar-refractivity contribution in [3.8, 4) is 0 Å². The molecule has 2 aromatic carbocycles. The molecule has 1 unspecified atom stereocenters. The number of rotatable bonds is 5. The lowest BCUT2D eigenvalue weighted by Crippen LogP contribution is -2.21. The summed E-state index contributed by atoms with van der Waals surface area (Å²) >= 11 is 0. The molecule has 0 aromatic heterocycles. The summed E-state index contributed by atoms with van der Waals surface area (Å²) < 4.78 is 43.3. The van der Waals surface area contributed by atoms with E-state index in [9.17, 15) is 13.2 Å². The number of halogens is 3. The first-order valence-corrected chi connectivity index (χ1v) is 8.06. The van der Waals surface area contributed by atoms with Gasteiger partial charge in [0, 0.05) is 24.7 Å². The van der Waals surface area contributed by atoms with Gasteiger partial charge in [-0.05, 0) is 36.2 Å². The third kappa shape index (κ3) is 4.29. The summed E-state index contributed by atoms with van der Waals surface area (Å²) in [4.78, 5) is 2.34. The molecule has 1 aliphatic rings. The van der Waals surface area contributed by atoms with Gasteiger partial charge in [-0.3, -0.25) is 0 Å². The van der Waals surface area contributed by atoms with Gasteiger partial charge in [-0.2, -0.15) is 13.2 Å².